The summed E-state index contributed by atoms with van der Waals surface area (Å²) in [6, 6.07) is 7.17. The Morgan fingerprint density at radius 3 is 2.52 bits per heavy atom. The van der Waals surface area contributed by atoms with Gasteiger partial charge in [0.05, 0.1) is 26.9 Å². The Bertz CT molecular complexity index is 848. The van der Waals surface area contributed by atoms with Crippen LogP contribution in [0.4, 0.5) is 0 Å². The van der Waals surface area contributed by atoms with Gasteiger partial charge in [0.1, 0.15) is 11.6 Å². The van der Waals surface area contributed by atoms with Crippen molar-refractivity contribution < 1.29 is 23.8 Å². The Morgan fingerprint density at radius 1 is 1.19 bits per heavy atom. The van der Waals surface area contributed by atoms with Crippen molar-refractivity contribution in [1.29, 1.82) is 5.26 Å². The molecule has 27 heavy (non-hydrogen) atoms. The number of rotatable bonds is 7. The van der Waals surface area contributed by atoms with Crippen LogP contribution in [-0.4, -0.2) is 50.7 Å². The summed E-state index contributed by atoms with van der Waals surface area (Å²) in [5.74, 6) is 0.0720. The third-order valence-electron chi connectivity index (χ3n) is 4.14. The predicted octanol–water partition coefficient (Wildman–Crippen LogP) is 2.33. The molecule has 0 aliphatic carbocycles. The average molecular weight is 370 g/mol. The normalized spacial score (nSPS) is 16.0. The molecular formula is C20H22N2O5. The third-order valence-corrected chi connectivity index (χ3v) is 4.14. The van der Waals surface area contributed by atoms with Crippen molar-refractivity contribution in [3.63, 3.8) is 0 Å². The number of carbonyl (C=O) groups is 2. The number of carbonyl (C=O) groups excluding carboxylic acids is 2. The first-order chi connectivity index (χ1) is 13.0. The van der Waals surface area contributed by atoms with Crippen molar-refractivity contribution in [1.82, 2.24) is 4.90 Å². The van der Waals surface area contributed by atoms with Gasteiger partial charge in [-0.25, -0.2) is 0 Å². The molecule has 7 heteroatoms. The van der Waals surface area contributed by atoms with Crippen molar-refractivity contribution in [2.75, 3.05) is 34.0 Å². The number of ether oxygens (including phenoxy) is 3. The van der Waals surface area contributed by atoms with Crippen molar-refractivity contribution >= 4 is 17.9 Å². The molecule has 1 aliphatic heterocycles. The van der Waals surface area contributed by atoms with E-state index in [2.05, 4.69) is 0 Å². The van der Waals surface area contributed by atoms with E-state index in [0.29, 0.717) is 29.2 Å². The molecule has 0 saturated carbocycles. The average Bonchev–Trinajstić information content (AvgIpc) is 2.66. The number of nitrogens with zero attached hydrogens (tertiary/aromatic N) is 2. The van der Waals surface area contributed by atoms with Gasteiger partial charge >= 0.3 is 0 Å². The van der Waals surface area contributed by atoms with E-state index in [1.165, 1.54) is 14.2 Å². The van der Waals surface area contributed by atoms with Crippen LogP contribution in [0.3, 0.4) is 0 Å². The van der Waals surface area contributed by atoms with Gasteiger partial charge < -0.3 is 14.2 Å². The standard InChI is InChI=1S/C20H22N2O5/c1-5-27-17-7-6-14(11-18(17)26-4)10-15-13(2)16(12-21)20(24)22(19(15)23)8-9-25-3/h6-7,10-11H,5,8-9H2,1-4H3/b15-10+. The summed E-state index contributed by atoms with van der Waals surface area (Å²) in [5.41, 5.74) is 1.29. The number of imide groups is 1. The van der Waals surface area contributed by atoms with E-state index in [1.54, 1.807) is 31.2 Å². The monoisotopic (exact) mass is 370 g/mol. The first kappa shape index (κ1) is 20.2. The van der Waals surface area contributed by atoms with E-state index in [-0.39, 0.29) is 24.3 Å². The molecule has 0 N–H and O–H groups in total. The molecule has 0 atom stereocenters. The highest BCUT2D eigenvalue weighted by Gasteiger charge is 2.35. The molecule has 142 valence electrons. The highest BCUT2D eigenvalue weighted by atomic mass is 16.5. The van der Waals surface area contributed by atoms with Gasteiger partial charge in [0.2, 0.25) is 0 Å². The van der Waals surface area contributed by atoms with Crippen LogP contribution in [0, 0.1) is 11.3 Å². The van der Waals surface area contributed by atoms with Gasteiger partial charge in [0, 0.05) is 12.7 Å². The SMILES string of the molecule is CCOc1ccc(/C=C2/C(=O)N(CCOC)C(=O)C(C#N)=C2C)cc1OC. The molecule has 0 bridgehead atoms. The molecule has 0 fully saturated rings. The van der Waals surface area contributed by atoms with Gasteiger partial charge in [-0.1, -0.05) is 6.07 Å². The van der Waals surface area contributed by atoms with Crippen LogP contribution in [0.2, 0.25) is 0 Å². The van der Waals surface area contributed by atoms with E-state index >= 15 is 0 Å². The van der Waals surface area contributed by atoms with Crippen molar-refractivity contribution in [2.45, 2.75) is 13.8 Å². The van der Waals surface area contributed by atoms with Gasteiger partial charge in [-0.15, -0.1) is 0 Å². The fraction of sp³-hybridized carbons (Fsp3) is 0.350. The van der Waals surface area contributed by atoms with E-state index in [0.717, 1.165) is 4.90 Å². The Labute approximate surface area is 158 Å². The number of benzene rings is 1. The second-order valence-corrected chi connectivity index (χ2v) is 5.77. The summed E-state index contributed by atoms with van der Waals surface area (Å²) >= 11 is 0. The number of hydrogen-bond acceptors (Lipinski definition) is 6. The molecule has 2 amide bonds. The summed E-state index contributed by atoms with van der Waals surface area (Å²) in [4.78, 5) is 26.3. The lowest BCUT2D eigenvalue weighted by atomic mass is 9.93. The zero-order valence-corrected chi connectivity index (χ0v) is 15.9. The van der Waals surface area contributed by atoms with Crippen LogP contribution in [0.15, 0.2) is 34.9 Å². The summed E-state index contributed by atoms with van der Waals surface area (Å²) in [6.45, 7) is 4.24. The molecule has 0 spiro atoms. The minimum Gasteiger partial charge on any atom is -0.493 e. The smallest absolute Gasteiger partial charge is 0.271 e. The second-order valence-electron chi connectivity index (χ2n) is 5.77. The Kier molecular flexibility index (Phi) is 6.74. The molecule has 0 aromatic heterocycles. The van der Waals surface area contributed by atoms with Crippen molar-refractivity contribution in [2.24, 2.45) is 0 Å². The highest BCUT2D eigenvalue weighted by Crippen LogP contribution is 2.31. The summed E-state index contributed by atoms with van der Waals surface area (Å²) in [6.07, 6.45) is 1.64. The first-order valence-electron chi connectivity index (χ1n) is 8.47. The van der Waals surface area contributed by atoms with Gasteiger partial charge in [-0.3, -0.25) is 14.5 Å². The molecule has 1 aromatic carbocycles. The topological polar surface area (TPSA) is 88.9 Å². The van der Waals surface area contributed by atoms with Crippen molar-refractivity contribution in [3.8, 4) is 17.6 Å². The van der Waals surface area contributed by atoms with Crippen LogP contribution in [0.5, 0.6) is 11.5 Å². The minimum absolute atomic E-state index is 0.0464. The minimum atomic E-state index is -0.599. The Balaban J connectivity index is 2.51. The summed E-state index contributed by atoms with van der Waals surface area (Å²) in [5, 5.41) is 9.36. The van der Waals surface area contributed by atoms with Crippen LogP contribution >= 0.6 is 0 Å². The Hall–Kier alpha value is -3.11. The van der Waals surface area contributed by atoms with Crippen molar-refractivity contribution in [3.05, 3.63) is 40.5 Å². The summed E-state index contributed by atoms with van der Waals surface area (Å²) in [7, 11) is 3.01. The zero-order valence-electron chi connectivity index (χ0n) is 15.9. The lowest BCUT2D eigenvalue weighted by Crippen LogP contribution is -2.44. The predicted molar refractivity (Wildman–Crippen MR) is 99.0 cm³/mol. The molecule has 7 nitrogen and oxygen atoms in total. The van der Waals surface area contributed by atoms with E-state index < -0.39 is 11.8 Å². The van der Waals surface area contributed by atoms with Gasteiger partial charge in [0.25, 0.3) is 11.8 Å². The van der Waals surface area contributed by atoms with E-state index in [4.69, 9.17) is 14.2 Å². The molecule has 1 heterocycles. The van der Waals surface area contributed by atoms with Gasteiger partial charge in [-0.2, -0.15) is 5.26 Å². The fourth-order valence-electron chi connectivity index (χ4n) is 2.73. The first-order valence-corrected chi connectivity index (χ1v) is 8.47. The van der Waals surface area contributed by atoms with Gasteiger partial charge in [-0.05, 0) is 43.2 Å². The van der Waals surface area contributed by atoms with Crippen LogP contribution in [0.25, 0.3) is 6.08 Å². The number of hydrogen-bond donors (Lipinski definition) is 0. The molecule has 2 rings (SSSR count). The fourth-order valence-corrected chi connectivity index (χ4v) is 2.73. The van der Waals surface area contributed by atoms with Crippen LogP contribution in [0.1, 0.15) is 19.4 Å². The summed E-state index contributed by atoms with van der Waals surface area (Å²) < 4.78 is 15.8. The number of nitriles is 1. The van der Waals surface area contributed by atoms with E-state index in [1.807, 2.05) is 13.0 Å². The molecular weight excluding hydrogens is 348 g/mol. The van der Waals surface area contributed by atoms with E-state index in [9.17, 15) is 14.9 Å². The molecule has 0 unspecified atom stereocenters. The van der Waals surface area contributed by atoms with Crippen LogP contribution in [-0.2, 0) is 14.3 Å². The highest BCUT2D eigenvalue weighted by molar-refractivity contribution is 6.19. The molecule has 0 radical (unpaired) electrons. The Morgan fingerprint density at radius 2 is 1.93 bits per heavy atom. The van der Waals surface area contributed by atoms with Gasteiger partial charge in [0.15, 0.2) is 11.5 Å². The lowest BCUT2D eigenvalue weighted by Gasteiger charge is -2.27. The lowest BCUT2D eigenvalue weighted by molar-refractivity contribution is -0.141. The zero-order chi connectivity index (χ0) is 20.0. The molecule has 1 aliphatic rings. The maximum atomic E-state index is 12.8. The second kappa shape index (κ2) is 9.01. The largest absolute Gasteiger partial charge is 0.493 e. The quantitative estimate of drug-likeness (QED) is 0.541. The van der Waals surface area contributed by atoms with Crippen LogP contribution < -0.4 is 9.47 Å². The maximum absolute atomic E-state index is 12.8. The third kappa shape index (κ3) is 4.18. The maximum Gasteiger partial charge on any atom is 0.271 e. The molecule has 1 aromatic rings. The number of methoxy groups -OCH3 is 2. The molecule has 0 saturated heterocycles. The number of amides is 2.